The molecule has 1 aromatic carbocycles. The lowest BCUT2D eigenvalue weighted by molar-refractivity contribution is -0.921. The van der Waals surface area contributed by atoms with Gasteiger partial charge in [0.1, 0.15) is 0 Å². The van der Waals surface area contributed by atoms with Crippen LogP contribution in [0.5, 0.6) is 0 Å². The first-order valence-corrected chi connectivity index (χ1v) is 12.1. The summed E-state index contributed by atoms with van der Waals surface area (Å²) in [5, 5.41) is 0. The average molecular weight is 407 g/mol. The maximum Gasteiger partial charge on any atom is 0.277 e. The molecule has 0 saturated carbocycles. The summed E-state index contributed by atoms with van der Waals surface area (Å²) < 4.78 is 27.6. The zero-order chi connectivity index (χ0) is 19.7. The van der Waals surface area contributed by atoms with Gasteiger partial charge in [-0.25, -0.2) is 8.42 Å². The smallest absolute Gasteiger partial charge is 0.277 e. The first kappa shape index (κ1) is 19.9. The zero-order valence-corrected chi connectivity index (χ0v) is 17.6. The Bertz CT molecular complexity index is 831. The van der Waals surface area contributed by atoms with Gasteiger partial charge in [0.25, 0.3) is 5.91 Å². The zero-order valence-electron chi connectivity index (χ0n) is 16.8. The highest BCUT2D eigenvalue weighted by atomic mass is 32.2. The second-order valence-electron chi connectivity index (χ2n) is 8.55. The second-order valence-corrected chi connectivity index (χ2v) is 10.5. The molecule has 7 heteroatoms. The third-order valence-electron chi connectivity index (χ3n) is 6.76. The molecule has 0 radical (unpaired) electrons. The number of nitrogens with one attached hydrogen (secondary N) is 1. The van der Waals surface area contributed by atoms with E-state index in [-0.39, 0.29) is 5.91 Å². The van der Waals surface area contributed by atoms with Crippen LogP contribution in [-0.4, -0.2) is 68.8 Å². The predicted octanol–water partition coefficient (Wildman–Crippen LogP) is 0.466. The number of quaternary nitrogens is 1. The lowest BCUT2D eigenvalue weighted by Gasteiger charge is -2.36. The van der Waals surface area contributed by atoms with E-state index in [1.54, 1.807) is 10.4 Å². The molecule has 1 aliphatic carbocycles. The third-order valence-corrected chi connectivity index (χ3v) is 8.65. The Morgan fingerprint density at radius 3 is 2.57 bits per heavy atom. The topological polar surface area (TPSA) is 62.1 Å². The first-order chi connectivity index (χ1) is 13.4. The number of benzene rings is 1. The predicted molar refractivity (Wildman–Crippen MR) is 108 cm³/mol. The van der Waals surface area contributed by atoms with E-state index in [4.69, 9.17) is 0 Å². The van der Waals surface area contributed by atoms with Crippen LogP contribution < -0.4 is 4.90 Å². The van der Waals surface area contributed by atoms with Crippen LogP contribution in [0.2, 0.25) is 0 Å². The van der Waals surface area contributed by atoms with Gasteiger partial charge in [0.15, 0.2) is 6.54 Å². The number of aryl methyl sites for hydroxylation is 2. The molecule has 0 spiro atoms. The first-order valence-electron chi connectivity index (χ1n) is 10.7. The van der Waals surface area contributed by atoms with E-state index in [2.05, 4.69) is 6.92 Å². The van der Waals surface area contributed by atoms with Gasteiger partial charge < -0.3 is 9.80 Å². The number of piperazine rings is 1. The Labute approximate surface area is 168 Å². The van der Waals surface area contributed by atoms with Crippen LogP contribution in [0.3, 0.4) is 0 Å². The van der Waals surface area contributed by atoms with Crippen LogP contribution in [0.25, 0.3) is 0 Å². The number of amides is 1. The van der Waals surface area contributed by atoms with E-state index in [0.29, 0.717) is 43.7 Å². The molecular weight excluding hydrogens is 374 g/mol. The third kappa shape index (κ3) is 3.98. The molecule has 28 heavy (non-hydrogen) atoms. The molecular formula is C21H32N3O3S+. The summed E-state index contributed by atoms with van der Waals surface area (Å²) in [6, 6.07) is 6.12. The number of fused-ring (bicyclic) bond motifs is 1. The van der Waals surface area contributed by atoms with Gasteiger partial charge >= 0.3 is 0 Å². The normalized spacial score (nSPS) is 26.2. The van der Waals surface area contributed by atoms with Crippen molar-refractivity contribution in [1.82, 2.24) is 9.21 Å². The highest BCUT2D eigenvalue weighted by Crippen LogP contribution is 2.26. The van der Waals surface area contributed by atoms with Crippen molar-refractivity contribution in [1.29, 1.82) is 0 Å². The van der Waals surface area contributed by atoms with Gasteiger partial charge in [-0.05, 0) is 68.7 Å². The molecule has 2 atom stereocenters. The fourth-order valence-electron chi connectivity index (χ4n) is 4.86. The van der Waals surface area contributed by atoms with Gasteiger partial charge in [-0.15, -0.1) is 0 Å². The van der Waals surface area contributed by atoms with E-state index >= 15 is 0 Å². The molecule has 2 aliphatic heterocycles. The molecule has 3 aliphatic rings. The second kappa shape index (κ2) is 8.13. The summed E-state index contributed by atoms with van der Waals surface area (Å²) in [5.74, 6) is 0.165. The van der Waals surface area contributed by atoms with Crippen molar-refractivity contribution in [3.63, 3.8) is 0 Å². The van der Waals surface area contributed by atoms with E-state index in [0.717, 1.165) is 25.8 Å². The Kier molecular flexibility index (Phi) is 5.76. The summed E-state index contributed by atoms with van der Waals surface area (Å²) in [7, 11) is -3.48. The SMILES string of the molecule is C[C@@H]1CCCC[NH+]1CC(=O)N1CCN(S(=O)(=O)c2ccc3c(c2)CCC3)CC1. The van der Waals surface area contributed by atoms with E-state index in [1.165, 1.54) is 35.3 Å². The Hall–Kier alpha value is -1.44. The van der Waals surface area contributed by atoms with Gasteiger partial charge in [0.2, 0.25) is 10.0 Å². The largest absolute Gasteiger partial charge is 0.335 e. The molecule has 0 bridgehead atoms. The van der Waals surface area contributed by atoms with Crippen molar-refractivity contribution in [2.75, 3.05) is 39.3 Å². The number of hydrogen-bond donors (Lipinski definition) is 1. The Balaban J connectivity index is 1.36. The molecule has 2 saturated heterocycles. The minimum atomic E-state index is -3.48. The summed E-state index contributed by atoms with van der Waals surface area (Å²) in [5.41, 5.74) is 2.46. The van der Waals surface area contributed by atoms with Crippen molar-refractivity contribution in [3.8, 4) is 0 Å². The van der Waals surface area contributed by atoms with Crippen molar-refractivity contribution in [2.24, 2.45) is 0 Å². The van der Waals surface area contributed by atoms with Crippen LogP contribution >= 0.6 is 0 Å². The number of piperidine rings is 1. The highest BCUT2D eigenvalue weighted by Gasteiger charge is 2.33. The highest BCUT2D eigenvalue weighted by molar-refractivity contribution is 7.89. The molecule has 1 aromatic rings. The van der Waals surface area contributed by atoms with Crippen LogP contribution in [0, 0.1) is 0 Å². The van der Waals surface area contributed by atoms with Gasteiger partial charge in [0.05, 0.1) is 17.5 Å². The molecule has 1 unspecified atom stereocenters. The van der Waals surface area contributed by atoms with E-state index in [1.807, 2.05) is 17.0 Å². The van der Waals surface area contributed by atoms with Crippen LogP contribution in [0.1, 0.15) is 43.7 Å². The molecule has 4 rings (SSSR count). The van der Waals surface area contributed by atoms with Crippen molar-refractivity contribution < 1.29 is 18.1 Å². The summed E-state index contributed by atoms with van der Waals surface area (Å²) in [6.45, 7) is 5.59. The van der Waals surface area contributed by atoms with Crippen molar-refractivity contribution in [3.05, 3.63) is 29.3 Å². The lowest BCUT2D eigenvalue weighted by atomic mass is 10.0. The minimum Gasteiger partial charge on any atom is -0.335 e. The number of hydrogen-bond acceptors (Lipinski definition) is 3. The molecule has 1 N–H and O–H groups in total. The average Bonchev–Trinajstić information content (AvgIpc) is 3.17. The summed E-state index contributed by atoms with van der Waals surface area (Å²) in [4.78, 5) is 16.3. The van der Waals surface area contributed by atoms with E-state index in [9.17, 15) is 13.2 Å². The Morgan fingerprint density at radius 1 is 1.07 bits per heavy atom. The number of nitrogens with zero attached hydrogens (tertiary/aromatic N) is 2. The van der Waals surface area contributed by atoms with Crippen LogP contribution in [-0.2, 0) is 27.7 Å². The molecule has 6 nitrogen and oxygen atoms in total. The molecule has 154 valence electrons. The molecule has 2 fully saturated rings. The Morgan fingerprint density at radius 2 is 1.82 bits per heavy atom. The lowest BCUT2D eigenvalue weighted by Crippen LogP contribution is -3.17. The van der Waals surface area contributed by atoms with Crippen molar-refractivity contribution >= 4 is 15.9 Å². The van der Waals surface area contributed by atoms with Gasteiger partial charge in [-0.1, -0.05) is 6.07 Å². The van der Waals surface area contributed by atoms with Crippen LogP contribution in [0.4, 0.5) is 0 Å². The molecule has 0 aromatic heterocycles. The molecule has 2 heterocycles. The van der Waals surface area contributed by atoms with Gasteiger partial charge in [-0.2, -0.15) is 4.31 Å². The van der Waals surface area contributed by atoms with Gasteiger partial charge in [0, 0.05) is 26.2 Å². The fourth-order valence-corrected chi connectivity index (χ4v) is 6.33. The standard InChI is InChI=1S/C21H31N3O3S/c1-17-5-2-3-10-23(17)16-21(25)22-11-13-24(14-12-22)28(26,27)20-9-8-18-6-4-7-19(18)15-20/h8-9,15,17H,2-7,10-14,16H2,1H3/p+1/t17-/m1/s1. The maximum atomic E-state index is 13.0. The summed E-state index contributed by atoms with van der Waals surface area (Å²) >= 11 is 0. The quantitative estimate of drug-likeness (QED) is 0.791. The number of rotatable bonds is 4. The number of carbonyl (C=O) groups is 1. The maximum absolute atomic E-state index is 13.0. The summed E-state index contributed by atoms with van der Waals surface area (Å²) in [6.07, 6.45) is 6.77. The molecule has 1 amide bonds. The van der Waals surface area contributed by atoms with Gasteiger partial charge in [-0.3, -0.25) is 4.79 Å². The minimum absolute atomic E-state index is 0.165. The number of likely N-dealkylation sites (tertiary alicyclic amines) is 1. The number of carbonyl (C=O) groups excluding carboxylic acids is 1. The van der Waals surface area contributed by atoms with Crippen LogP contribution in [0.15, 0.2) is 23.1 Å². The number of sulfonamides is 1. The van der Waals surface area contributed by atoms with E-state index < -0.39 is 10.0 Å². The fraction of sp³-hybridized carbons (Fsp3) is 0.667. The monoisotopic (exact) mass is 406 g/mol. The van der Waals surface area contributed by atoms with Crippen molar-refractivity contribution in [2.45, 2.75) is 56.4 Å².